The maximum absolute atomic E-state index is 14.5. The quantitative estimate of drug-likeness (QED) is 0.187. The predicted octanol–water partition coefficient (Wildman–Crippen LogP) is 7.19. The summed E-state index contributed by atoms with van der Waals surface area (Å²) in [7, 11) is 0. The lowest BCUT2D eigenvalue weighted by Gasteiger charge is -2.34. The van der Waals surface area contributed by atoms with Gasteiger partial charge in [-0.25, -0.2) is 9.18 Å². The molecule has 0 unspecified atom stereocenters. The van der Waals surface area contributed by atoms with Gasteiger partial charge in [-0.3, -0.25) is 4.79 Å². The normalized spacial score (nSPS) is 14.5. The number of carbonyl (C=O) groups excluding carboxylic acids is 2. The summed E-state index contributed by atoms with van der Waals surface area (Å²) in [6, 6.07) is 28.4. The second kappa shape index (κ2) is 12.1. The van der Waals surface area contributed by atoms with E-state index in [0.29, 0.717) is 32.4 Å². The summed E-state index contributed by atoms with van der Waals surface area (Å²) in [6.07, 6.45) is 1.45. The Bertz CT molecular complexity index is 1740. The molecule has 0 saturated carbocycles. The standard InChI is InChI=1S/C35H33FN2O4/c1-2-41-34(39)22-38-32-17-15-27(36)19-30(32)31-20-28(16-18-33(31)38)37(35(40)42-23-24-9-4-3-5-10-24)21-26-13-8-12-25-11-6-7-14-29(25)26/h3-15,17,19,28H,2,16,18,20-23H2,1H3/t28-/m0/s1. The first-order chi connectivity index (χ1) is 20.5. The summed E-state index contributed by atoms with van der Waals surface area (Å²) in [4.78, 5) is 28.1. The SMILES string of the molecule is CCOC(=O)Cn1c2c(c3cc(F)ccc31)C[C@@H](N(Cc1cccc3ccccc13)C(=O)OCc1ccccc1)CC2. The molecular weight excluding hydrogens is 531 g/mol. The summed E-state index contributed by atoms with van der Waals surface area (Å²) in [5.74, 6) is -0.665. The Balaban J connectivity index is 1.35. The topological polar surface area (TPSA) is 60.8 Å². The van der Waals surface area contributed by atoms with Crippen molar-refractivity contribution in [1.82, 2.24) is 9.47 Å². The average molecular weight is 565 g/mol. The first-order valence-corrected chi connectivity index (χ1v) is 14.4. The van der Waals surface area contributed by atoms with Gasteiger partial charge in [0.25, 0.3) is 0 Å². The van der Waals surface area contributed by atoms with Gasteiger partial charge in [0, 0.05) is 29.2 Å². The first-order valence-electron chi connectivity index (χ1n) is 14.4. The molecule has 1 aliphatic rings. The second-order valence-corrected chi connectivity index (χ2v) is 10.7. The van der Waals surface area contributed by atoms with Crippen molar-refractivity contribution in [2.45, 2.75) is 51.9 Å². The molecule has 5 aromatic rings. The van der Waals surface area contributed by atoms with Gasteiger partial charge in [-0.1, -0.05) is 72.8 Å². The molecule has 42 heavy (non-hydrogen) atoms. The summed E-state index contributed by atoms with van der Waals surface area (Å²) < 4.78 is 27.5. The number of fused-ring (bicyclic) bond motifs is 4. The number of rotatable bonds is 8. The molecule has 214 valence electrons. The van der Waals surface area contributed by atoms with E-state index in [0.717, 1.165) is 44.1 Å². The number of ether oxygens (including phenoxy) is 2. The average Bonchev–Trinajstić information content (AvgIpc) is 3.30. The van der Waals surface area contributed by atoms with Crippen molar-refractivity contribution in [3.63, 3.8) is 0 Å². The van der Waals surface area contributed by atoms with Crippen molar-refractivity contribution in [3.05, 3.63) is 119 Å². The highest BCUT2D eigenvalue weighted by Crippen LogP contribution is 2.35. The number of hydrogen-bond donors (Lipinski definition) is 0. The maximum Gasteiger partial charge on any atom is 0.410 e. The van der Waals surface area contributed by atoms with Crippen LogP contribution in [0.15, 0.2) is 91.0 Å². The second-order valence-electron chi connectivity index (χ2n) is 10.7. The van der Waals surface area contributed by atoms with Crippen LogP contribution in [0.25, 0.3) is 21.7 Å². The smallest absolute Gasteiger partial charge is 0.410 e. The molecule has 0 saturated heterocycles. The maximum atomic E-state index is 14.5. The van der Waals surface area contributed by atoms with Gasteiger partial charge in [-0.15, -0.1) is 0 Å². The molecule has 0 N–H and O–H groups in total. The molecule has 0 fully saturated rings. The van der Waals surface area contributed by atoms with Gasteiger partial charge in [0.15, 0.2) is 0 Å². The summed E-state index contributed by atoms with van der Waals surface area (Å²) in [5, 5.41) is 2.96. The molecular formula is C35H33FN2O4. The van der Waals surface area contributed by atoms with Crippen LogP contribution in [-0.4, -0.2) is 34.2 Å². The fourth-order valence-corrected chi connectivity index (χ4v) is 6.14. The van der Waals surface area contributed by atoms with Gasteiger partial charge in [0.2, 0.25) is 0 Å². The lowest BCUT2D eigenvalue weighted by atomic mass is 9.90. The van der Waals surface area contributed by atoms with Crippen LogP contribution in [0.5, 0.6) is 0 Å². The Morgan fingerprint density at radius 1 is 0.929 bits per heavy atom. The lowest BCUT2D eigenvalue weighted by Crippen LogP contribution is -2.43. The molecule has 1 heterocycles. The molecule has 7 heteroatoms. The summed E-state index contributed by atoms with van der Waals surface area (Å²) in [6.45, 7) is 2.70. The van der Waals surface area contributed by atoms with E-state index in [9.17, 15) is 14.0 Å². The monoisotopic (exact) mass is 564 g/mol. The molecule has 0 aliphatic heterocycles. The van der Waals surface area contributed by atoms with Gasteiger partial charge >= 0.3 is 12.1 Å². The molecule has 6 rings (SSSR count). The van der Waals surface area contributed by atoms with Crippen LogP contribution >= 0.6 is 0 Å². The highest BCUT2D eigenvalue weighted by atomic mass is 19.1. The van der Waals surface area contributed by atoms with E-state index in [2.05, 4.69) is 24.3 Å². The molecule has 1 amide bonds. The van der Waals surface area contributed by atoms with Crippen molar-refractivity contribution in [2.24, 2.45) is 0 Å². The zero-order valence-corrected chi connectivity index (χ0v) is 23.6. The molecule has 0 radical (unpaired) electrons. The largest absolute Gasteiger partial charge is 0.465 e. The zero-order valence-electron chi connectivity index (χ0n) is 23.6. The van der Waals surface area contributed by atoms with E-state index in [4.69, 9.17) is 9.47 Å². The highest BCUT2D eigenvalue weighted by molar-refractivity contribution is 5.88. The number of hydrogen-bond acceptors (Lipinski definition) is 4. The number of benzene rings is 4. The van der Waals surface area contributed by atoms with Gasteiger partial charge in [0.1, 0.15) is 19.0 Å². The van der Waals surface area contributed by atoms with Crippen LogP contribution in [0.1, 0.15) is 35.7 Å². The number of amides is 1. The van der Waals surface area contributed by atoms with Crippen LogP contribution in [-0.2, 0) is 46.8 Å². The zero-order chi connectivity index (χ0) is 29.1. The van der Waals surface area contributed by atoms with E-state index in [1.54, 1.807) is 13.0 Å². The minimum absolute atomic E-state index is 0.0643. The Hall–Kier alpha value is -4.65. The van der Waals surface area contributed by atoms with E-state index in [1.165, 1.54) is 12.1 Å². The molecule has 6 nitrogen and oxygen atoms in total. The summed E-state index contributed by atoms with van der Waals surface area (Å²) in [5.41, 5.74) is 4.69. The Labute approximate surface area is 244 Å². The van der Waals surface area contributed by atoms with Crippen molar-refractivity contribution in [2.75, 3.05) is 6.61 Å². The van der Waals surface area contributed by atoms with Crippen molar-refractivity contribution >= 4 is 33.7 Å². The fourth-order valence-electron chi connectivity index (χ4n) is 6.14. The number of nitrogens with zero attached hydrogens (tertiary/aromatic N) is 2. The summed E-state index contributed by atoms with van der Waals surface area (Å²) >= 11 is 0. The first kappa shape index (κ1) is 27.5. The third kappa shape index (κ3) is 5.59. The lowest BCUT2D eigenvalue weighted by molar-refractivity contribution is -0.143. The van der Waals surface area contributed by atoms with E-state index in [-0.39, 0.29) is 37.1 Å². The number of aromatic nitrogens is 1. The molecule has 4 aromatic carbocycles. The van der Waals surface area contributed by atoms with Gasteiger partial charge in [-0.05, 0) is 71.8 Å². The molecule has 0 bridgehead atoms. The Morgan fingerprint density at radius 2 is 1.71 bits per heavy atom. The highest BCUT2D eigenvalue weighted by Gasteiger charge is 2.33. The Morgan fingerprint density at radius 3 is 2.55 bits per heavy atom. The fraction of sp³-hybridized carbons (Fsp3) is 0.257. The predicted molar refractivity (Wildman–Crippen MR) is 160 cm³/mol. The number of carbonyl (C=O) groups is 2. The van der Waals surface area contributed by atoms with Gasteiger partial charge < -0.3 is 18.9 Å². The van der Waals surface area contributed by atoms with Crippen molar-refractivity contribution < 1.29 is 23.5 Å². The Kier molecular flexibility index (Phi) is 7.91. The minimum atomic E-state index is -0.387. The molecule has 0 spiro atoms. The van der Waals surface area contributed by atoms with E-state index < -0.39 is 0 Å². The van der Waals surface area contributed by atoms with Crippen molar-refractivity contribution in [3.8, 4) is 0 Å². The van der Waals surface area contributed by atoms with Crippen LogP contribution in [0.2, 0.25) is 0 Å². The van der Waals surface area contributed by atoms with Crippen LogP contribution in [0.3, 0.4) is 0 Å². The van der Waals surface area contributed by atoms with E-state index >= 15 is 0 Å². The molecule has 1 atom stereocenters. The third-order valence-corrected chi connectivity index (χ3v) is 8.10. The van der Waals surface area contributed by atoms with Crippen LogP contribution in [0, 0.1) is 5.82 Å². The van der Waals surface area contributed by atoms with Gasteiger partial charge in [-0.2, -0.15) is 0 Å². The number of esters is 1. The van der Waals surface area contributed by atoms with Crippen LogP contribution in [0.4, 0.5) is 9.18 Å². The van der Waals surface area contributed by atoms with Gasteiger partial charge in [0.05, 0.1) is 6.61 Å². The molecule has 1 aromatic heterocycles. The number of halogens is 1. The van der Waals surface area contributed by atoms with E-state index in [1.807, 2.05) is 58.0 Å². The molecule has 1 aliphatic carbocycles. The van der Waals surface area contributed by atoms with Crippen LogP contribution < -0.4 is 0 Å². The van der Waals surface area contributed by atoms with Crippen molar-refractivity contribution in [1.29, 1.82) is 0 Å². The third-order valence-electron chi connectivity index (χ3n) is 8.10. The minimum Gasteiger partial charge on any atom is -0.465 e.